The Kier molecular flexibility index (Phi) is 6.30. The zero-order valence-electron chi connectivity index (χ0n) is 11.3. The highest BCUT2D eigenvalue weighted by Crippen LogP contribution is 2.23. The Morgan fingerprint density at radius 2 is 1.25 bits per heavy atom. The number of aliphatic carboxylic acids is 2. The van der Waals surface area contributed by atoms with Gasteiger partial charge in [0, 0.05) is 12.8 Å². The highest BCUT2D eigenvalue weighted by Gasteiger charge is 2.29. The van der Waals surface area contributed by atoms with E-state index in [0.717, 1.165) is 0 Å². The Hall–Kier alpha value is -2.48. The molecule has 0 rings (SSSR count). The first-order chi connectivity index (χ1) is 9.16. The fraction of sp³-hybridized carbons (Fsp3) is 0.667. The summed E-state index contributed by atoms with van der Waals surface area (Å²) in [4.78, 5) is 21.0. The van der Waals surface area contributed by atoms with Crippen molar-refractivity contribution in [3.05, 3.63) is 0 Å². The zero-order valence-corrected chi connectivity index (χ0v) is 11.3. The molecule has 0 aromatic carbocycles. The highest BCUT2D eigenvalue weighted by molar-refractivity contribution is 5.67. The molecule has 2 atom stereocenters. The van der Waals surface area contributed by atoms with Crippen LogP contribution in [0.15, 0.2) is 10.2 Å². The SMILES string of the molecule is CC(C#N)(CCC(=O)O)/N=N\C(C)(C#N)CCC(=O)O. The van der Waals surface area contributed by atoms with Crippen LogP contribution in [0.3, 0.4) is 0 Å². The summed E-state index contributed by atoms with van der Waals surface area (Å²) < 4.78 is 0. The van der Waals surface area contributed by atoms with E-state index < -0.39 is 23.0 Å². The first kappa shape index (κ1) is 17.5. The van der Waals surface area contributed by atoms with Crippen LogP contribution in [0.5, 0.6) is 0 Å². The number of carbonyl (C=O) groups is 2. The minimum atomic E-state index is -1.35. The molecule has 0 fully saturated rings. The Labute approximate surface area is 116 Å². The van der Waals surface area contributed by atoms with Crippen molar-refractivity contribution in [1.82, 2.24) is 0 Å². The molecule has 0 saturated carbocycles. The number of azo groups is 1. The van der Waals surface area contributed by atoms with Gasteiger partial charge >= 0.3 is 11.9 Å². The Morgan fingerprint density at radius 1 is 0.950 bits per heavy atom. The second kappa shape index (κ2) is 7.19. The van der Waals surface area contributed by atoms with E-state index in [2.05, 4.69) is 10.2 Å². The van der Waals surface area contributed by atoms with Crippen LogP contribution < -0.4 is 0 Å². The number of hydrogen-bond acceptors (Lipinski definition) is 6. The maximum absolute atomic E-state index is 10.5. The first-order valence-electron chi connectivity index (χ1n) is 5.86. The molecule has 0 aliphatic heterocycles. The Balaban J connectivity index is 4.92. The summed E-state index contributed by atoms with van der Waals surface area (Å²) >= 11 is 0. The maximum Gasteiger partial charge on any atom is 0.303 e. The van der Waals surface area contributed by atoms with Gasteiger partial charge in [0.2, 0.25) is 0 Å². The van der Waals surface area contributed by atoms with E-state index in [4.69, 9.17) is 20.7 Å². The van der Waals surface area contributed by atoms with Gasteiger partial charge in [0.25, 0.3) is 0 Å². The lowest BCUT2D eigenvalue weighted by molar-refractivity contribution is -0.138. The van der Waals surface area contributed by atoms with Crippen LogP contribution in [0, 0.1) is 22.7 Å². The number of carboxylic acid groups (broad SMARTS) is 2. The molecule has 0 aliphatic carbocycles. The lowest BCUT2D eigenvalue weighted by Crippen LogP contribution is -2.25. The monoisotopic (exact) mass is 280 g/mol. The molecule has 0 amide bonds. The van der Waals surface area contributed by atoms with Crippen LogP contribution in [-0.2, 0) is 9.59 Å². The van der Waals surface area contributed by atoms with Crippen molar-refractivity contribution in [2.75, 3.05) is 0 Å². The van der Waals surface area contributed by atoms with E-state index in [9.17, 15) is 9.59 Å². The molecule has 0 aliphatic rings. The highest BCUT2D eigenvalue weighted by atomic mass is 16.4. The molecular formula is C12H16N4O4. The molecule has 2 N–H and O–H groups in total. The van der Waals surface area contributed by atoms with Crippen LogP contribution in [0.4, 0.5) is 0 Å². The predicted octanol–water partition coefficient (Wildman–Crippen LogP) is 1.73. The lowest BCUT2D eigenvalue weighted by atomic mass is 9.97. The Bertz CT molecular complexity index is 447. The van der Waals surface area contributed by atoms with Crippen molar-refractivity contribution in [2.45, 2.75) is 50.6 Å². The van der Waals surface area contributed by atoms with Gasteiger partial charge in [-0.15, -0.1) is 0 Å². The number of carboxylic acids is 2. The van der Waals surface area contributed by atoms with E-state index in [-0.39, 0.29) is 25.7 Å². The van der Waals surface area contributed by atoms with Gasteiger partial charge in [0.1, 0.15) is 0 Å². The molecule has 0 aromatic heterocycles. The Morgan fingerprint density at radius 3 is 1.45 bits per heavy atom. The van der Waals surface area contributed by atoms with Crippen LogP contribution in [0.25, 0.3) is 0 Å². The van der Waals surface area contributed by atoms with E-state index in [1.165, 1.54) is 13.8 Å². The standard InChI is InChI=1S/C12H16N4O4/c1-11(7-13,5-3-9(17)18)15-16-12(2,8-14)6-4-10(19)20/h3-6H2,1-2H3,(H,17,18)(H,19,20)/b16-15-. The van der Waals surface area contributed by atoms with Gasteiger partial charge in [-0.3, -0.25) is 9.59 Å². The number of nitrogens with zero attached hydrogens (tertiary/aromatic N) is 4. The summed E-state index contributed by atoms with van der Waals surface area (Å²) in [6.45, 7) is 2.82. The van der Waals surface area contributed by atoms with Crippen molar-refractivity contribution in [3.8, 4) is 12.1 Å². The van der Waals surface area contributed by atoms with Crippen molar-refractivity contribution >= 4 is 11.9 Å². The van der Waals surface area contributed by atoms with E-state index in [1.807, 2.05) is 12.1 Å². The van der Waals surface area contributed by atoms with Crippen LogP contribution >= 0.6 is 0 Å². The average Bonchev–Trinajstić information content (AvgIpc) is 2.41. The van der Waals surface area contributed by atoms with Crippen molar-refractivity contribution in [3.63, 3.8) is 0 Å². The van der Waals surface area contributed by atoms with Crippen molar-refractivity contribution in [1.29, 1.82) is 10.5 Å². The van der Waals surface area contributed by atoms with Gasteiger partial charge in [0.15, 0.2) is 11.1 Å². The number of hydrogen-bond donors (Lipinski definition) is 2. The summed E-state index contributed by atoms with van der Waals surface area (Å²) in [6.07, 6.45) is -0.575. The van der Waals surface area contributed by atoms with Crippen LogP contribution in [0.1, 0.15) is 39.5 Å². The molecule has 0 radical (unpaired) electrons. The van der Waals surface area contributed by atoms with E-state index in [1.54, 1.807) is 0 Å². The zero-order chi connectivity index (χ0) is 15.8. The van der Waals surface area contributed by atoms with Crippen molar-refractivity contribution in [2.24, 2.45) is 10.2 Å². The fourth-order valence-electron chi connectivity index (χ4n) is 1.18. The van der Waals surface area contributed by atoms with Gasteiger partial charge < -0.3 is 10.2 Å². The quantitative estimate of drug-likeness (QED) is 0.647. The lowest BCUT2D eigenvalue weighted by Gasteiger charge is -2.18. The third-order valence-electron chi connectivity index (χ3n) is 2.62. The molecule has 8 nitrogen and oxygen atoms in total. The summed E-state index contributed by atoms with van der Waals surface area (Å²) in [7, 11) is 0. The summed E-state index contributed by atoms with van der Waals surface area (Å²) in [6, 6.07) is 3.69. The van der Waals surface area contributed by atoms with Gasteiger partial charge in [-0.05, 0) is 26.7 Å². The topological polar surface area (TPSA) is 147 Å². The van der Waals surface area contributed by atoms with Crippen LogP contribution in [0.2, 0.25) is 0 Å². The summed E-state index contributed by atoms with van der Waals surface area (Å²) in [5.74, 6) is -2.12. The predicted molar refractivity (Wildman–Crippen MR) is 66.6 cm³/mol. The minimum absolute atomic E-state index is 0.0389. The molecule has 8 heteroatoms. The summed E-state index contributed by atoms with van der Waals surface area (Å²) in [5.41, 5.74) is -2.69. The smallest absolute Gasteiger partial charge is 0.303 e. The minimum Gasteiger partial charge on any atom is -0.481 e. The number of rotatable bonds is 8. The second-order valence-electron chi connectivity index (χ2n) is 4.76. The van der Waals surface area contributed by atoms with E-state index in [0.29, 0.717) is 0 Å². The molecule has 0 spiro atoms. The molecular weight excluding hydrogens is 264 g/mol. The molecule has 0 saturated heterocycles. The molecule has 20 heavy (non-hydrogen) atoms. The third-order valence-corrected chi connectivity index (χ3v) is 2.62. The largest absolute Gasteiger partial charge is 0.481 e. The van der Waals surface area contributed by atoms with Crippen molar-refractivity contribution < 1.29 is 19.8 Å². The fourth-order valence-corrected chi connectivity index (χ4v) is 1.18. The van der Waals surface area contributed by atoms with Gasteiger partial charge in [-0.2, -0.15) is 20.8 Å². The van der Waals surface area contributed by atoms with Gasteiger partial charge in [-0.1, -0.05) is 0 Å². The molecule has 0 aromatic rings. The third kappa shape index (κ3) is 6.45. The van der Waals surface area contributed by atoms with Gasteiger partial charge in [-0.25, -0.2) is 0 Å². The maximum atomic E-state index is 10.5. The number of nitriles is 2. The molecule has 2 unspecified atom stereocenters. The molecule has 108 valence electrons. The first-order valence-corrected chi connectivity index (χ1v) is 5.86. The molecule has 0 heterocycles. The average molecular weight is 280 g/mol. The molecule has 0 bridgehead atoms. The van der Waals surface area contributed by atoms with E-state index >= 15 is 0 Å². The van der Waals surface area contributed by atoms with Gasteiger partial charge in [0.05, 0.1) is 12.1 Å². The summed E-state index contributed by atoms with van der Waals surface area (Å²) in [5, 5.41) is 42.7. The second-order valence-corrected chi connectivity index (χ2v) is 4.76. The normalized spacial score (nSPS) is 16.6. The van der Waals surface area contributed by atoms with Crippen LogP contribution in [-0.4, -0.2) is 33.2 Å².